The van der Waals surface area contributed by atoms with Crippen LogP contribution in [0.2, 0.25) is 0 Å². The lowest BCUT2D eigenvalue weighted by Gasteiger charge is -2.29. The van der Waals surface area contributed by atoms with Gasteiger partial charge in [0.05, 0.1) is 12.6 Å². The lowest BCUT2D eigenvalue weighted by Crippen LogP contribution is -2.50. The van der Waals surface area contributed by atoms with Crippen molar-refractivity contribution in [1.82, 2.24) is 10.6 Å². The fraction of sp³-hybridized carbons (Fsp3) is 0.333. The summed E-state index contributed by atoms with van der Waals surface area (Å²) in [5, 5.41) is 5.95. The summed E-state index contributed by atoms with van der Waals surface area (Å²) in [6.45, 7) is 4.39. The summed E-state index contributed by atoms with van der Waals surface area (Å²) in [5.41, 5.74) is 1.48. The molecule has 0 saturated heterocycles. The van der Waals surface area contributed by atoms with Gasteiger partial charge in [-0.25, -0.2) is 0 Å². The second-order valence-electron chi connectivity index (χ2n) is 6.94. The number of carbonyl (C=O) groups excluding carboxylic acids is 2. The Kier molecular flexibility index (Phi) is 6.16. The third-order valence-electron chi connectivity index (χ3n) is 4.60. The monoisotopic (exact) mass is 430 g/mol. The fourth-order valence-corrected chi connectivity index (χ4v) is 3.50. The minimum Gasteiger partial charge on any atom is -0.493 e. The molecule has 0 fully saturated rings. The number of hydrogen-bond donors (Lipinski definition) is 2. The van der Waals surface area contributed by atoms with Crippen molar-refractivity contribution in [2.75, 3.05) is 6.61 Å². The highest BCUT2D eigenvalue weighted by molar-refractivity contribution is 9.10. The summed E-state index contributed by atoms with van der Waals surface area (Å²) in [4.78, 5) is 25.4. The van der Waals surface area contributed by atoms with E-state index in [4.69, 9.17) is 4.74 Å². The van der Waals surface area contributed by atoms with E-state index in [1.54, 1.807) is 24.3 Å². The average Bonchev–Trinajstić information content (AvgIpc) is 2.66. The zero-order valence-electron chi connectivity index (χ0n) is 15.4. The second kappa shape index (κ2) is 8.57. The maximum absolute atomic E-state index is 12.9. The molecule has 0 aliphatic carbocycles. The molecule has 0 radical (unpaired) electrons. The Bertz CT molecular complexity index is 823. The number of carbonyl (C=O) groups is 2. The molecular weight excluding hydrogens is 408 g/mol. The van der Waals surface area contributed by atoms with Gasteiger partial charge in [-0.15, -0.1) is 0 Å². The minimum atomic E-state index is -0.615. The van der Waals surface area contributed by atoms with Crippen molar-refractivity contribution >= 4 is 27.7 Å². The van der Waals surface area contributed by atoms with Crippen LogP contribution in [0, 0.1) is 5.92 Å². The van der Waals surface area contributed by atoms with Crippen LogP contribution in [0.15, 0.2) is 53.0 Å². The van der Waals surface area contributed by atoms with E-state index in [1.165, 1.54) is 0 Å². The number of fused-ring (bicyclic) bond motifs is 1. The standard InChI is InChI=1S/C21H23BrN2O3/c1-13(2)19(24-20(25)14-6-4-3-5-7-14)21(26)23-17-10-11-27-18-9-8-15(22)12-16(17)18/h3-9,12-13,17,19H,10-11H2,1-2H3,(H,23,26)(H,24,25). The molecule has 2 unspecified atom stereocenters. The van der Waals surface area contributed by atoms with E-state index in [1.807, 2.05) is 38.1 Å². The first-order valence-corrected chi connectivity index (χ1v) is 9.83. The number of benzene rings is 2. The van der Waals surface area contributed by atoms with Crippen LogP contribution >= 0.6 is 15.9 Å². The summed E-state index contributed by atoms with van der Waals surface area (Å²) >= 11 is 3.47. The summed E-state index contributed by atoms with van der Waals surface area (Å²) in [6.07, 6.45) is 0.687. The maximum Gasteiger partial charge on any atom is 0.251 e. The van der Waals surface area contributed by atoms with Gasteiger partial charge in [0.25, 0.3) is 5.91 Å². The normalized spacial score (nSPS) is 16.8. The lowest BCUT2D eigenvalue weighted by molar-refractivity contribution is -0.124. The first-order chi connectivity index (χ1) is 13.0. The number of hydrogen-bond acceptors (Lipinski definition) is 3. The highest BCUT2D eigenvalue weighted by atomic mass is 79.9. The van der Waals surface area contributed by atoms with Gasteiger partial charge in [-0.05, 0) is 36.2 Å². The molecule has 2 atom stereocenters. The van der Waals surface area contributed by atoms with Gasteiger partial charge in [0, 0.05) is 22.0 Å². The van der Waals surface area contributed by atoms with Crippen LogP contribution < -0.4 is 15.4 Å². The maximum atomic E-state index is 12.9. The molecule has 0 spiro atoms. The largest absolute Gasteiger partial charge is 0.493 e. The first kappa shape index (κ1) is 19.4. The third kappa shape index (κ3) is 4.69. The van der Waals surface area contributed by atoms with Crippen molar-refractivity contribution in [2.24, 2.45) is 5.92 Å². The Morgan fingerprint density at radius 2 is 1.89 bits per heavy atom. The molecule has 0 saturated carbocycles. The number of halogens is 1. The van der Waals surface area contributed by atoms with Crippen LogP contribution in [-0.2, 0) is 4.79 Å². The third-order valence-corrected chi connectivity index (χ3v) is 5.09. The number of nitrogens with one attached hydrogen (secondary N) is 2. The molecule has 142 valence electrons. The molecule has 1 aliphatic rings. The predicted molar refractivity (Wildman–Crippen MR) is 108 cm³/mol. The quantitative estimate of drug-likeness (QED) is 0.756. The van der Waals surface area contributed by atoms with Crippen molar-refractivity contribution in [1.29, 1.82) is 0 Å². The van der Waals surface area contributed by atoms with Gasteiger partial charge < -0.3 is 15.4 Å². The molecule has 6 heteroatoms. The summed E-state index contributed by atoms with van der Waals surface area (Å²) in [5.74, 6) is 0.301. The van der Waals surface area contributed by atoms with Gasteiger partial charge in [0.1, 0.15) is 11.8 Å². The second-order valence-corrected chi connectivity index (χ2v) is 7.86. The van der Waals surface area contributed by atoms with Gasteiger partial charge in [0.15, 0.2) is 0 Å². The number of amides is 2. The van der Waals surface area contributed by atoms with E-state index in [0.29, 0.717) is 18.6 Å². The zero-order valence-corrected chi connectivity index (χ0v) is 17.0. The topological polar surface area (TPSA) is 67.4 Å². The van der Waals surface area contributed by atoms with E-state index in [0.717, 1.165) is 15.8 Å². The molecule has 0 bridgehead atoms. The summed E-state index contributed by atoms with van der Waals surface area (Å²) in [7, 11) is 0. The molecule has 1 heterocycles. The van der Waals surface area contributed by atoms with Crippen LogP contribution in [-0.4, -0.2) is 24.5 Å². The van der Waals surface area contributed by atoms with Crippen LogP contribution in [0.4, 0.5) is 0 Å². The van der Waals surface area contributed by atoms with Crippen molar-refractivity contribution < 1.29 is 14.3 Å². The fourth-order valence-electron chi connectivity index (χ4n) is 3.13. The molecule has 1 aliphatic heterocycles. The molecule has 27 heavy (non-hydrogen) atoms. The van der Waals surface area contributed by atoms with E-state index >= 15 is 0 Å². The summed E-state index contributed by atoms with van der Waals surface area (Å²) < 4.78 is 6.61. The van der Waals surface area contributed by atoms with E-state index in [2.05, 4.69) is 26.6 Å². The van der Waals surface area contributed by atoms with Gasteiger partial charge in [0.2, 0.25) is 5.91 Å². The van der Waals surface area contributed by atoms with Crippen molar-refractivity contribution in [2.45, 2.75) is 32.4 Å². The Balaban J connectivity index is 1.73. The SMILES string of the molecule is CC(C)C(NC(=O)c1ccccc1)C(=O)NC1CCOc2ccc(Br)cc21. The van der Waals surface area contributed by atoms with Crippen molar-refractivity contribution in [3.05, 3.63) is 64.1 Å². The Morgan fingerprint density at radius 1 is 1.15 bits per heavy atom. The van der Waals surface area contributed by atoms with Crippen LogP contribution in [0.5, 0.6) is 5.75 Å². The molecule has 2 N–H and O–H groups in total. The smallest absolute Gasteiger partial charge is 0.251 e. The van der Waals surface area contributed by atoms with Crippen LogP contribution in [0.3, 0.4) is 0 Å². The molecule has 5 nitrogen and oxygen atoms in total. The summed E-state index contributed by atoms with van der Waals surface area (Å²) in [6, 6.07) is 13.9. The zero-order chi connectivity index (χ0) is 19.4. The Labute approximate surface area is 167 Å². The number of ether oxygens (including phenoxy) is 1. The molecular formula is C21H23BrN2O3. The first-order valence-electron chi connectivity index (χ1n) is 9.04. The molecule has 3 rings (SSSR count). The van der Waals surface area contributed by atoms with Crippen LogP contribution in [0.1, 0.15) is 42.2 Å². The Morgan fingerprint density at radius 3 is 2.59 bits per heavy atom. The van der Waals surface area contributed by atoms with Gasteiger partial charge in [-0.2, -0.15) is 0 Å². The van der Waals surface area contributed by atoms with E-state index in [-0.39, 0.29) is 23.8 Å². The van der Waals surface area contributed by atoms with Gasteiger partial charge in [-0.3, -0.25) is 9.59 Å². The van der Waals surface area contributed by atoms with Crippen molar-refractivity contribution in [3.8, 4) is 5.75 Å². The van der Waals surface area contributed by atoms with E-state index < -0.39 is 6.04 Å². The minimum absolute atomic E-state index is 0.0421. The van der Waals surface area contributed by atoms with Crippen LogP contribution in [0.25, 0.3) is 0 Å². The highest BCUT2D eigenvalue weighted by Gasteiger charge is 2.29. The number of rotatable bonds is 5. The van der Waals surface area contributed by atoms with Gasteiger partial charge >= 0.3 is 0 Å². The molecule has 2 aromatic carbocycles. The van der Waals surface area contributed by atoms with Gasteiger partial charge in [-0.1, -0.05) is 48.0 Å². The average molecular weight is 431 g/mol. The van der Waals surface area contributed by atoms with Crippen molar-refractivity contribution in [3.63, 3.8) is 0 Å². The van der Waals surface area contributed by atoms with E-state index in [9.17, 15) is 9.59 Å². The lowest BCUT2D eigenvalue weighted by atomic mass is 9.98. The molecule has 2 aromatic rings. The molecule has 0 aromatic heterocycles. The Hall–Kier alpha value is -2.34. The predicted octanol–water partition coefficient (Wildman–Crippen LogP) is 3.84. The highest BCUT2D eigenvalue weighted by Crippen LogP contribution is 2.34. The molecule has 2 amide bonds.